The van der Waals surface area contributed by atoms with Crippen LogP contribution in [0, 0.1) is 13.8 Å². The minimum Gasteiger partial charge on any atom is -0.396 e. The van der Waals surface area contributed by atoms with Crippen LogP contribution in [-0.2, 0) is 13.6 Å². The van der Waals surface area contributed by atoms with E-state index in [9.17, 15) is 13.2 Å². The van der Waals surface area contributed by atoms with Gasteiger partial charge in [-0.25, -0.2) is 0 Å². The van der Waals surface area contributed by atoms with Gasteiger partial charge >= 0.3 is 6.18 Å². The standard InChI is InChI=1S/C12H20F3N3O/c1-9-11(10(2)17(3)16-9)7-18(5-4-6-19)8-12(13,14)15/h19H,4-8H2,1-3H3. The number of nitrogens with zero attached hydrogens (tertiary/aromatic N) is 3. The second-order valence-electron chi connectivity index (χ2n) is 4.68. The summed E-state index contributed by atoms with van der Waals surface area (Å²) in [5.41, 5.74) is 2.44. The van der Waals surface area contributed by atoms with E-state index >= 15 is 0 Å². The molecule has 0 aliphatic heterocycles. The largest absolute Gasteiger partial charge is 0.401 e. The number of hydrogen-bond donors (Lipinski definition) is 1. The number of aliphatic hydroxyl groups excluding tert-OH is 1. The number of aromatic nitrogens is 2. The van der Waals surface area contributed by atoms with Crippen molar-refractivity contribution in [2.75, 3.05) is 19.7 Å². The summed E-state index contributed by atoms with van der Waals surface area (Å²) in [6.45, 7) is 2.96. The number of rotatable bonds is 6. The van der Waals surface area contributed by atoms with Gasteiger partial charge in [-0.05, 0) is 20.3 Å². The van der Waals surface area contributed by atoms with Gasteiger partial charge in [-0.2, -0.15) is 18.3 Å². The van der Waals surface area contributed by atoms with Crippen LogP contribution in [0.3, 0.4) is 0 Å². The van der Waals surface area contributed by atoms with E-state index in [1.165, 1.54) is 4.90 Å². The molecule has 1 aromatic rings. The summed E-state index contributed by atoms with van der Waals surface area (Å²) in [7, 11) is 1.77. The highest BCUT2D eigenvalue weighted by atomic mass is 19.4. The maximum absolute atomic E-state index is 12.5. The van der Waals surface area contributed by atoms with Crippen molar-refractivity contribution in [2.24, 2.45) is 7.05 Å². The van der Waals surface area contributed by atoms with Crippen LogP contribution >= 0.6 is 0 Å². The Morgan fingerprint density at radius 2 is 1.95 bits per heavy atom. The highest BCUT2D eigenvalue weighted by Crippen LogP contribution is 2.20. The van der Waals surface area contributed by atoms with Gasteiger partial charge in [0.2, 0.25) is 0 Å². The van der Waals surface area contributed by atoms with Crippen molar-refractivity contribution in [1.29, 1.82) is 0 Å². The van der Waals surface area contributed by atoms with Crippen LogP contribution in [0.25, 0.3) is 0 Å². The lowest BCUT2D eigenvalue weighted by Crippen LogP contribution is -2.35. The summed E-state index contributed by atoms with van der Waals surface area (Å²) in [5, 5.41) is 13.0. The zero-order valence-electron chi connectivity index (χ0n) is 11.5. The van der Waals surface area contributed by atoms with Crippen LogP contribution in [0.1, 0.15) is 23.4 Å². The van der Waals surface area contributed by atoms with Crippen LogP contribution in [0.4, 0.5) is 13.2 Å². The van der Waals surface area contributed by atoms with Gasteiger partial charge in [0.1, 0.15) is 0 Å². The van der Waals surface area contributed by atoms with Crippen molar-refractivity contribution in [1.82, 2.24) is 14.7 Å². The summed E-state index contributed by atoms with van der Waals surface area (Å²) in [6.07, 6.45) is -3.91. The molecule has 1 aromatic heterocycles. The quantitative estimate of drug-likeness (QED) is 0.863. The van der Waals surface area contributed by atoms with Crippen molar-refractivity contribution >= 4 is 0 Å². The van der Waals surface area contributed by atoms with E-state index in [4.69, 9.17) is 5.11 Å². The summed E-state index contributed by atoms with van der Waals surface area (Å²) in [6, 6.07) is 0. The Labute approximate surface area is 110 Å². The first kappa shape index (κ1) is 16.0. The molecule has 19 heavy (non-hydrogen) atoms. The van der Waals surface area contributed by atoms with Gasteiger partial charge in [0.15, 0.2) is 0 Å². The first-order valence-electron chi connectivity index (χ1n) is 6.13. The first-order chi connectivity index (χ1) is 8.74. The number of aryl methyl sites for hydroxylation is 2. The Balaban J connectivity index is 2.81. The minimum absolute atomic E-state index is 0.112. The normalized spacial score (nSPS) is 12.4. The van der Waals surface area contributed by atoms with E-state index in [2.05, 4.69) is 5.10 Å². The maximum atomic E-state index is 12.5. The minimum atomic E-state index is -4.24. The van der Waals surface area contributed by atoms with Gasteiger partial charge in [-0.3, -0.25) is 9.58 Å². The molecule has 0 aromatic carbocycles. The fraction of sp³-hybridized carbons (Fsp3) is 0.750. The van der Waals surface area contributed by atoms with Crippen LogP contribution in [0.2, 0.25) is 0 Å². The van der Waals surface area contributed by atoms with Crippen molar-refractivity contribution in [3.8, 4) is 0 Å². The molecule has 1 N–H and O–H groups in total. The molecule has 0 saturated heterocycles. The summed E-state index contributed by atoms with van der Waals surface area (Å²) >= 11 is 0. The molecular formula is C12H20F3N3O. The molecule has 0 aliphatic rings. The average molecular weight is 279 g/mol. The average Bonchev–Trinajstić information content (AvgIpc) is 2.51. The molecule has 0 aliphatic carbocycles. The zero-order valence-corrected chi connectivity index (χ0v) is 11.5. The van der Waals surface area contributed by atoms with Crippen LogP contribution in [0.5, 0.6) is 0 Å². The lowest BCUT2D eigenvalue weighted by atomic mass is 10.2. The van der Waals surface area contributed by atoms with E-state index in [1.54, 1.807) is 18.7 Å². The van der Waals surface area contributed by atoms with E-state index < -0.39 is 12.7 Å². The Kier molecular flexibility index (Phi) is 5.37. The van der Waals surface area contributed by atoms with Crippen molar-refractivity contribution in [3.05, 3.63) is 17.0 Å². The first-order valence-corrected chi connectivity index (χ1v) is 6.13. The van der Waals surface area contributed by atoms with Crippen LogP contribution in [-0.4, -0.2) is 45.7 Å². The van der Waals surface area contributed by atoms with Crippen molar-refractivity contribution in [2.45, 2.75) is 33.0 Å². The third-order valence-corrected chi connectivity index (χ3v) is 3.08. The van der Waals surface area contributed by atoms with Gasteiger partial charge in [-0.15, -0.1) is 0 Å². The van der Waals surface area contributed by atoms with Crippen molar-refractivity contribution in [3.63, 3.8) is 0 Å². The number of halogens is 3. The number of hydrogen-bond acceptors (Lipinski definition) is 3. The maximum Gasteiger partial charge on any atom is 0.401 e. The van der Waals surface area contributed by atoms with E-state index in [0.29, 0.717) is 6.42 Å². The smallest absolute Gasteiger partial charge is 0.396 e. The van der Waals surface area contributed by atoms with Gasteiger partial charge in [0, 0.05) is 38.0 Å². The summed E-state index contributed by atoms with van der Waals surface area (Å²) in [4.78, 5) is 1.30. The summed E-state index contributed by atoms with van der Waals surface area (Å²) in [5.74, 6) is 0. The molecule has 0 fully saturated rings. The summed E-state index contributed by atoms with van der Waals surface area (Å²) < 4.78 is 39.2. The Bertz CT molecular complexity index is 415. The van der Waals surface area contributed by atoms with E-state index in [-0.39, 0.29) is 19.7 Å². The van der Waals surface area contributed by atoms with E-state index in [1.807, 2.05) is 6.92 Å². The second-order valence-corrected chi connectivity index (χ2v) is 4.68. The predicted octanol–water partition coefficient (Wildman–Crippen LogP) is 1.78. The fourth-order valence-electron chi connectivity index (χ4n) is 2.03. The van der Waals surface area contributed by atoms with E-state index in [0.717, 1.165) is 17.0 Å². The lowest BCUT2D eigenvalue weighted by Gasteiger charge is -2.23. The monoisotopic (exact) mass is 279 g/mol. The molecule has 0 unspecified atom stereocenters. The molecule has 0 amide bonds. The van der Waals surface area contributed by atoms with Crippen molar-refractivity contribution < 1.29 is 18.3 Å². The molecule has 0 radical (unpaired) electrons. The Morgan fingerprint density at radius 1 is 1.32 bits per heavy atom. The van der Waals surface area contributed by atoms with Gasteiger partial charge in [-0.1, -0.05) is 0 Å². The molecule has 7 heteroatoms. The molecule has 1 rings (SSSR count). The van der Waals surface area contributed by atoms with Crippen LogP contribution < -0.4 is 0 Å². The Hall–Kier alpha value is -1.08. The Morgan fingerprint density at radius 3 is 2.37 bits per heavy atom. The predicted molar refractivity (Wildman–Crippen MR) is 65.7 cm³/mol. The third-order valence-electron chi connectivity index (χ3n) is 3.08. The molecule has 0 saturated carbocycles. The second kappa shape index (κ2) is 6.38. The van der Waals surface area contributed by atoms with Gasteiger partial charge in [0.25, 0.3) is 0 Å². The molecule has 0 atom stereocenters. The molecular weight excluding hydrogens is 259 g/mol. The highest BCUT2D eigenvalue weighted by Gasteiger charge is 2.31. The molecule has 110 valence electrons. The van der Waals surface area contributed by atoms with Gasteiger partial charge < -0.3 is 5.11 Å². The highest BCUT2D eigenvalue weighted by molar-refractivity contribution is 5.24. The third kappa shape index (κ3) is 4.83. The molecule has 1 heterocycles. The number of aliphatic hydroxyl groups is 1. The van der Waals surface area contributed by atoms with Gasteiger partial charge in [0.05, 0.1) is 12.2 Å². The molecule has 4 nitrogen and oxygen atoms in total. The fourth-order valence-corrected chi connectivity index (χ4v) is 2.03. The topological polar surface area (TPSA) is 41.3 Å². The zero-order chi connectivity index (χ0) is 14.6. The molecule has 0 bridgehead atoms. The number of alkyl halides is 3. The lowest BCUT2D eigenvalue weighted by molar-refractivity contribution is -0.147. The SMILES string of the molecule is Cc1nn(C)c(C)c1CN(CCCO)CC(F)(F)F. The molecule has 0 spiro atoms. The van der Waals surface area contributed by atoms with Crippen LogP contribution in [0.15, 0.2) is 0 Å².